The first-order valence-electron chi connectivity index (χ1n) is 9.47. The summed E-state index contributed by atoms with van der Waals surface area (Å²) in [4.78, 5) is 28.7. The highest BCUT2D eigenvalue weighted by molar-refractivity contribution is 9.10. The van der Waals surface area contributed by atoms with E-state index in [1.807, 2.05) is 48.5 Å². The van der Waals surface area contributed by atoms with Crippen molar-refractivity contribution in [2.45, 2.75) is 6.04 Å². The Kier molecular flexibility index (Phi) is 4.95. The molecule has 0 saturated heterocycles. The molecule has 31 heavy (non-hydrogen) atoms. The Morgan fingerprint density at radius 1 is 0.903 bits per heavy atom. The van der Waals surface area contributed by atoms with Crippen molar-refractivity contribution in [1.29, 1.82) is 0 Å². The number of fused-ring (bicyclic) bond motifs is 2. The van der Waals surface area contributed by atoms with Crippen LogP contribution in [0.5, 0.6) is 5.75 Å². The lowest BCUT2D eigenvalue weighted by atomic mass is 9.98. The Balaban J connectivity index is 1.79. The maximum atomic E-state index is 13.6. The predicted octanol–water partition coefficient (Wildman–Crippen LogP) is 6.08. The van der Waals surface area contributed by atoms with Crippen LogP contribution in [-0.2, 0) is 0 Å². The van der Waals surface area contributed by atoms with Crippen LogP contribution in [0.1, 0.15) is 27.7 Å². The normalized spacial score (nSPS) is 15.4. The molecule has 0 saturated carbocycles. The highest BCUT2D eigenvalue weighted by Crippen LogP contribution is 2.41. The summed E-state index contributed by atoms with van der Waals surface area (Å²) in [6.07, 6.45) is 0. The van der Waals surface area contributed by atoms with E-state index < -0.39 is 6.04 Å². The third-order valence-corrected chi connectivity index (χ3v) is 6.39. The predicted molar refractivity (Wildman–Crippen MR) is 126 cm³/mol. The van der Waals surface area contributed by atoms with Gasteiger partial charge in [0.2, 0.25) is 5.76 Å². The molecule has 0 radical (unpaired) electrons. The molecule has 0 spiro atoms. The summed E-state index contributed by atoms with van der Waals surface area (Å²) >= 11 is 6.84. The molecule has 5 nitrogen and oxygen atoms in total. The number of nitrogens with zero attached hydrogens (tertiary/aromatic N) is 1. The molecule has 7 heteroatoms. The molecule has 1 aliphatic rings. The maximum Gasteiger partial charge on any atom is 0.295 e. The van der Waals surface area contributed by atoms with E-state index in [1.54, 1.807) is 30.2 Å². The standard InChI is InChI=1S/C24H15Br2NO4/c1-30-17-9-2-13(3-10-17)21-20-22(28)18-12-15(26)6-11-19(18)31-23(20)24(29)27(21)16-7-4-14(25)5-8-16/h2-12,21H,1H3. The minimum absolute atomic E-state index is 0.0727. The first-order valence-corrected chi connectivity index (χ1v) is 11.1. The molecule has 0 fully saturated rings. The van der Waals surface area contributed by atoms with Crippen LogP contribution in [0.25, 0.3) is 11.0 Å². The largest absolute Gasteiger partial charge is 0.497 e. The number of ether oxygens (including phenoxy) is 1. The summed E-state index contributed by atoms with van der Waals surface area (Å²) in [5.74, 6) is 0.418. The lowest BCUT2D eigenvalue weighted by Gasteiger charge is -2.25. The number of amides is 1. The number of carbonyl (C=O) groups is 1. The van der Waals surface area contributed by atoms with E-state index in [-0.39, 0.29) is 17.1 Å². The van der Waals surface area contributed by atoms with Gasteiger partial charge in [-0.2, -0.15) is 0 Å². The van der Waals surface area contributed by atoms with Gasteiger partial charge in [-0.1, -0.05) is 44.0 Å². The maximum absolute atomic E-state index is 13.6. The van der Waals surface area contributed by atoms with Crippen LogP contribution in [0, 0.1) is 0 Å². The Hall–Kier alpha value is -2.90. The van der Waals surface area contributed by atoms with E-state index in [0.717, 1.165) is 14.5 Å². The molecule has 3 aromatic carbocycles. The number of hydrogen-bond donors (Lipinski definition) is 0. The number of rotatable bonds is 3. The molecule has 1 aliphatic heterocycles. The molecule has 1 unspecified atom stereocenters. The molecule has 0 bridgehead atoms. The lowest BCUT2D eigenvalue weighted by Crippen LogP contribution is -2.29. The molecular formula is C24H15Br2NO4. The molecule has 154 valence electrons. The first kappa shape index (κ1) is 20.0. The van der Waals surface area contributed by atoms with E-state index in [1.165, 1.54) is 0 Å². The second-order valence-electron chi connectivity index (χ2n) is 7.14. The lowest BCUT2D eigenvalue weighted by molar-refractivity contribution is 0.0971. The quantitative estimate of drug-likeness (QED) is 0.316. The fourth-order valence-electron chi connectivity index (χ4n) is 3.91. The number of halogens is 2. The number of carbonyl (C=O) groups excluding carboxylic acids is 1. The van der Waals surface area contributed by atoms with E-state index in [0.29, 0.717) is 28.0 Å². The van der Waals surface area contributed by atoms with Gasteiger partial charge >= 0.3 is 0 Å². The summed E-state index contributed by atoms with van der Waals surface area (Å²) in [7, 11) is 1.59. The zero-order valence-corrected chi connectivity index (χ0v) is 19.4. The van der Waals surface area contributed by atoms with Crippen LogP contribution in [0.3, 0.4) is 0 Å². The Morgan fingerprint density at radius 2 is 1.58 bits per heavy atom. The summed E-state index contributed by atoms with van der Waals surface area (Å²) in [5.41, 5.74) is 1.96. The number of hydrogen-bond acceptors (Lipinski definition) is 4. The van der Waals surface area contributed by atoms with Crippen LogP contribution < -0.4 is 15.1 Å². The zero-order chi connectivity index (χ0) is 21.7. The number of methoxy groups -OCH3 is 1. The smallest absolute Gasteiger partial charge is 0.295 e. The van der Waals surface area contributed by atoms with Gasteiger partial charge in [0.05, 0.1) is 24.1 Å². The monoisotopic (exact) mass is 539 g/mol. The van der Waals surface area contributed by atoms with E-state index in [4.69, 9.17) is 9.15 Å². The summed E-state index contributed by atoms with van der Waals surface area (Å²) in [6, 6.07) is 19.3. The molecule has 0 aliphatic carbocycles. The minimum atomic E-state index is -0.616. The van der Waals surface area contributed by atoms with Crippen molar-refractivity contribution in [3.63, 3.8) is 0 Å². The van der Waals surface area contributed by atoms with Gasteiger partial charge in [-0.05, 0) is 60.2 Å². The Labute approximate surface area is 194 Å². The van der Waals surface area contributed by atoms with Gasteiger partial charge < -0.3 is 9.15 Å². The summed E-state index contributed by atoms with van der Waals surface area (Å²) < 4.78 is 12.9. The van der Waals surface area contributed by atoms with Gasteiger partial charge in [-0.3, -0.25) is 14.5 Å². The van der Waals surface area contributed by atoms with E-state index in [9.17, 15) is 9.59 Å². The van der Waals surface area contributed by atoms with Crippen molar-refractivity contribution in [1.82, 2.24) is 0 Å². The Bertz CT molecular complexity index is 1380. The van der Waals surface area contributed by atoms with Crippen LogP contribution in [0.4, 0.5) is 5.69 Å². The molecule has 2 heterocycles. The number of benzene rings is 3. The van der Waals surface area contributed by atoms with Crippen LogP contribution in [-0.4, -0.2) is 13.0 Å². The molecule has 1 amide bonds. The van der Waals surface area contributed by atoms with Gasteiger partial charge in [-0.15, -0.1) is 0 Å². The molecule has 4 aromatic rings. The van der Waals surface area contributed by atoms with Crippen LogP contribution in [0.2, 0.25) is 0 Å². The zero-order valence-electron chi connectivity index (χ0n) is 16.3. The van der Waals surface area contributed by atoms with E-state index in [2.05, 4.69) is 31.9 Å². The van der Waals surface area contributed by atoms with Gasteiger partial charge in [0.15, 0.2) is 5.43 Å². The molecule has 0 N–H and O–H groups in total. The topological polar surface area (TPSA) is 59.8 Å². The molecule has 1 aromatic heterocycles. The van der Waals surface area contributed by atoms with Crippen molar-refractivity contribution in [2.75, 3.05) is 12.0 Å². The summed E-state index contributed by atoms with van der Waals surface area (Å²) in [5, 5.41) is 0.428. The third-order valence-electron chi connectivity index (χ3n) is 5.37. The Morgan fingerprint density at radius 3 is 2.26 bits per heavy atom. The van der Waals surface area contributed by atoms with Gasteiger partial charge in [-0.25, -0.2) is 0 Å². The fraction of sp³-hybridized carbons (Fsp3) is 0.0833. The number of anilines is 1. The van der Waals surface area contributed by atoms with Gasteiger partial charge in [0.25, 0.3) is 5.91 Å². The molecule has 1 atom stereocenters. The van der Waals surface area contributed by atoms with Crippen LogP contribution >= 0.6 is 31.9 Å². The average Bonchev–Trinajstić information content (AvgIpc) is 3.07. The highest BCUT2D eigenvalue weighted by Gasteiger charge is 2.43. The highest BCUT2D eigenvalue weighted by atomic mass is 79.9. The summed E-state index contributed by atoms with van der Waals surface area (Å²) in [6.45, 7) is 0. The molecule has 5 rings (SSSR count). The minimum Gasteiger partial charge on any atom is -0.497 e. The third kappa shape index (κ3) is 3.28. The SMILES string of the molecule is COc1ccc(C2c3c(oc4ccc(Br)cc4c3=O)C(=O)N2c2ccc(Br)cc2)cc1. The average molecular weight is 541 g/mol. The van der Waals surface area contributed by atoms with E-state index >= 15 is 0 Å². The second-order valence-corrected chi connectivity index (χ2v) is 8.97. The fourth-order valence-corrected chi connectivity index (χ4v) is 4.54. The first-order chi connectivity index (χ1) is 15.0. The van der Waals surface area contributed by atoms with Gasteiger partial charge in [0, 0.05) is 14.6 Å². The molecular weight excluding hydrogens is 526 g/mol. The van der Waals surface area contributed by atoms with Crippen molar-refractivity contribution < 1.29 is 13.9 Å². The second kappa shape index (κ2) is 7.66. The van der Waals surface area contributed by atoms with Crippen LogP contribution in [0.15, 0.2) is 84.9 Å². The van der Waals surface area contributed by atoms with Crippen molar-refractivity contribution in [2.24, 2.45) is 0 Å². The van der Waals surface area contributed by atoms with Crippen molar-refractivity contribution in [3.8, 4) is 5.75 Å². The van der Waals surface area contributed by atoms with Gasteiger partial charge in [0.1, 0.15) is 11.3 Å². The van der Waals surface area contributed by atoms with Crippen molar-refractivity contribution >= 4 is 54.4 Å². The van der Waals surface area contributed by atoms with Crippen molar-refractivity contribution in [3.05, 3.63) is 103 Å².